The molecule has 2 rings (SSSR count). The molecule has 0 saturated heterocycles. The predicted octanol–water partition coefficient (Wildman–Crippen LogP) is 3.50. The first-order valence-electron chi connectivity index (χ1n) is 6.68. The first kappa shape index (κ1) is 13.6. The molecule has 2 heteroatoms. The molecule has 100 valence electrons. The maximum absolute atomic E-state index is 6.45. The van der Waals surface area contributed by atoms with Crippen molar-refractivity contribution in [3.8, 4) is 5.75 Å². The van der Waals surface area contributed by atoms with Gasteiger partial charge in [0.25, 0.3) is 0 Å². The molecule has 0 aromatic heterocycles. The lowest BCUT2D eigenvalue weighted by Gasteiger charge is -2.25. The highest BCUT2D eigenvalue weighted by molar-refractivity contribution is 5.33. The fraction of sp³-hybridized carbons (Fsp3) is 0.294. The summed E-state index contributed by atoms with van der Waals surface area (Å²) in [5.41, 5.74) is 8.46. The second-order valence-corrected chi connectivity index (χ2v) is 5.04. The Balaban J connectivity index is 2.14. The van der Waals surface area contributed by atoms with E-state index in [1.54, 1.807) is 0 Å². The van der Waals surface area contributed by atoms with E-state index in [2.05, 4.69) is 19.1 Å². The summed E-state index contributed by atoms with van der Waals surface area (Å²) in [6, 6.07) is 18.4. The summed E-state index contributed by atoms with van der Waals surface area (Å²) in [4.78, 5) is 0. The quantitative estimate of drug-likeness (QED) is 0.887. The number of nitrogens with two attached hydrogens (primary N) is 1. The highest BCUT2D eigenvalue weighted by atomic mass is 16.5. The van der Waals surface area contributed by atoms with Gasteiger partial charge in [-0.05, 0) is 43.5 Å². The third-order valence-electron chi connectivity index (χ3n) is 3.24. The third-order valence-corrected chi connectivity index (χ3v) is 3.24. The van der Waals surface area contributed by atoms with Crippen LogP contribution in [0, 0.1) is 0 Å². The molecule has 1 unspecified atom stereocenters. The normalized spacial score (nSPS) is 13.8. The Labute approximate surface area is 115 Å². The van der Waals surface area contributed by atoms with Crippen molar-refractivity contribution in [2.75, 3.05) is 6.61 Å². The molecule has 0 bridgehead atoms. The minimum atomic E-state index is -0.369. The van der Waals surface area contributed by atoms with E-state index in [1.807, 2.05) is 49.4 Å². The van der Waals surface area contributed by atoms with E-state index in [0.29, 0.717) is 6.61 Å². The van der Waals surface area contributed by atoms with Crippen LogP contribution in [0.5, 0.6) is 5.75 Å². The summed E-state index contributed by atoms with van der Waals surface area (Å²) in [7, 11) is 0. The largest absolute Gasteiger partial charge is 0.494 e. The summed E-state index contributed by atoms with van der Waals surface area (Å²) >= 11 is 0. The Hall–Kier alpha value is -1.80. The molecule has 0 radical (unpaired) electrons. The number of ether oxygens (including phenoxy) is 1. The SMILES string of the molecule is CCOc1ccc(C(C)(N)Cc2ccccc2)cc1. The molecule has 0 aliphatic rings. The summed E-state index contributed by atoms with van der Waals surface area (Å²) in [5, 5.41) is 0. The molecule has 2 aromatic carbocycles. The van der Waals surface area contributed by atoms with Crippen molar-refractivity contribution < 1.29 is 4.74 Å². The van der Waals surface area contributed by atoms with Crippen LogP contribution in [0.4, 0.5) is 0 Å². The van der Waals surface area contributed by atoms with Crippen molar-refractivity contribution in [2.45, 2.75) is 25.8 Å². The summed E-state index contributed by atoms with van der Waals surface area (Å²) in [6.07, 6.45) is 0.821. The molecule has 0 spiro atoms. The maximum atomic E-state index is 6.45. The van der Waals surface area contributed by atoms with Crippen LogP contribution in [-0.4, -0.2) is 6.61 Å². The third kappa shape index (κ3) is 3.58. The summed E-state index contributed by atoms with van der Waals surface area (Å²) in [5.74, 6) is 0.891. The average molecular weight is 255 g/mol. The van der Waals surface area contributed by atoms with E-state index >= 15 is 0 Å². The van der Waals surface area contributed by atoms with Crippen molar-refractivity contribution in [2.24, 2.45) is 5.73 Å². The smallest absolute Gasteiger partial charge is 0.119 e. The molecule has 0 heterocycles. The summed E-state index contributed by atoms with van der Waals surface area (Å²) < 4.78 is 5.45. The van der Waals surface area contributed by atoms with Crippen LogP contribution < -0.4 is 10.5 Å². The molecular weight excluding hydrogens is 234 g/mol. The number of hydrogen-bond acceptors (Lipinski definition) is 2. The maximum Gasteiger partial charge on any atom is 0.119 e. The zero-order valence-corrected chi connectivity index (χ0v) is 11.6. The molecule has 0 aliphatic carbocycles. The number of hydrogen-bond donors (Lipinski definition) is 1. The van der Waals surface area contributed by atoms with Crippen LogP contribution in [0.15, 0.2) is 54.6 Å². The van der Waals surface area contributed by atoms with Gasteiger partial charge in [0.1, 0.15) is 5.75 Å². The Kier molecular flexibility index (Phi) is 4.23. The molecule has 1 atom stereocenters. The van der Waals surface area contributed by atoms with Crippen LogP contribution in [0.25, 0.3) is 0 Å². The monoisotopic (exact) mass is 255 g/mol. The van der Waals surface area contributed by atoms with Crippen LogP contribution in [0.3, 0.4) is 0 Å². The second-order valence-electron chi connectivity index (χ2n) is 5.04. The van der Waals surface area contributed by atoms with E-state index in [-0.39, 0.29) is 5.54 Å². The minimum Gasteiger partial charge on any atom is -0.494 e. The van der Waals surface area contributed by atoms with E-state index in [4.69, 9.17) is 10.5 Å². The lowest BCUT2D eigenvalue weighted by atomic mass is 9.86. The van der Waals surface area contributed by atoms with Crippen molar-refractivity contribution in [1.82, 2.24) is 0 Å². The van der Waals surface area contributed by atoms with Crippen LogP contribution >= 0.6 is 0 Å². The zero-order valence-electron chi connectivity index (χ0n) is 11.6. The van der Waals surface area contributed by atoms with Crippen molar-refractivity contribution in [3.63, 3.8) is 0 Å². The molecule has 0 amide bonds. The van der Waals surface area contributed by atoms with Gasteiger partial charge in [0.15, 0.2) is 0 Å². The van der Waals surface area contributed by atoms with E-state index < -0.39 is 0 Å². The van der Waals surface area contributed by atoms with Gasteiger partial charge in [0, 0.05) is 5.54 Å². The Morgan fingerprint density at radius 3 is 2.21 bits per heavy atom. The second kappa shape index (κ2) is 5.89. The van der Waals surface area contributed by atoms with Gasteiger partial charge in [-0.15, -0.1) is 0 Å². The Morgan fingerprint density at radius 1 is 1.00 bits per heavy atom. The highest BCUT2D eigenvalue weighted by Crippen LogP contribution is 2.24. The van der Waals surface area contributed by atoms with Gasteiger partial charge >= 0.3 is 0 Å². The molecule has 19 heavy (non-hydrogen) atoms. The molecule has 2 nitrogen and oxygen atoms in total. The van der Waals surface area contributed by atoms with Gasteiger partial charge in [-0.3, -0.25) is 0 Å². The van der Waals surface area contributed by atoms with Gasteiger partial charge in [0.05, 0.1) is 6.61 Å². The molecular formula is C17H21NO. The fourth-order valence-electron chi connectivity index (χ4n) is 2.22. The molecule has 2 aromatic rings. The standard InChI is InChI=1S/C17H21NO/c1-3-19-16-11-9-15(10-12-16)17(2,18)13-14-7-5-4-6-8-14/h4-12H,3,13,18H2,1-2H3. The van der Waals surface area contributed by atoms with Gasteiger partial charge in [-0.1, -0.05) is 42.5 Å². The first-order valence-corrected chi connectivity index (χ1v) is 6.68. The fourth-order valence-corrected chi connectivity index (χ4v) is 2.22. The van der Waals surface area contributed by atoms with Gasteiger partial charge in [0.2, 0.25) is 0 Å². The van der Waals surface area contributed by atoms with Crippen LogP contribution in [0.2, 0.25) is 0 Å². The predicted molar refractivity (Wildman–Crippen MR) is 79.3 cm³/mol. The topological polar surface area (TPSA) is 35.2 Å². The lowest BCUT2D eigenvalue weighted by molar-refractivity contribution is 0.340. The van der Waals surface area contributed by atoms with Gasteiger partial charge < -0.3 is 10.5 Å². The van der Waals surface area contributed by atoms with Crippen molar-refractivity contribution in [3.05, 3.63) is 65.7 Å². The first-order chi connectivity index (χ1) is 9.12. The number of benzene rings is 2. The molecule has 2 N–H and O–H groups in total. The highest BCUT2D eigenvalue weighted by Gasteiger charge is 2.21. The Morgan fingerprint density at radius 2 is 1.63 bits per heavy atom. The zero-order chi connectivity index (χ0) is 13.7. The van der Waals surface area contributed by atoms with E-state index in [9.17, 15) is 0 Å². The lowest BCUT2D eigenvalue weighted by Crippen LogP contribution is -2.35. The Bertz CT molecular complexity index is 503. The van der Waals surface area contributed by atoms with E-state index in [0.717, 1.165) is 17.7 Å². The number of rotatable bonds is 5. The molecule has 0 saturated carbocycles. The van der Waals surface area contributed by atoms with Crippen LogP contribution in [0.1, 0.15) is 25.0 Å². The average Bonchev–Trinajstić information content (AvgIpc) is 2.40. The minimum absolute atomic E-state index is 0.369. The molecule has 0 fully saturated rings. The summed E-state index contributed by atoms with van der Waals surface area (Å²) in [6.45, 7) is 4.73. The van der Waals surface area contributed by atoms with E-state index in [1.165, 1.54) is 5.56 Å². The van der Waals surface area contributed by atoms with Crippen molar-refractivity contribution in [1.29, 1.82) is 0 Å². The van der Waals surface area contributed by atoms with Gasteiger partial charge in [-0.25, -0.2) is 0 Å². The molecule has 0 aliphatic heterocycles. The van der Waals surface area contributed by atoms with Gasteiger partial charge in [-0.2, -0.15) is 0 Å². The van der Waals surface area contributed by atoms with Crippen molar-refractivity contribution >= 4 is 0 Å². The van der Waals surface area contributed by atoms with Crippen LogP contribution in [-0.2, 0) is 12.0 Å².